The van der Waals surface area contributed by atoms with Gasteiger partial charge in [-0.1, -0.05) is 19.1 Å². The van der Waals surface area contributed by atoms with Crippen molar-refractivity contribution in [2.75, 3.05) is 0 Å². The minimum absolute atomic E-state index is 0.00181. The van der Waals surface area contributed by atoms with Gasteiger partial charge in [0.15, 0.2) is 0 Å². The zero-order chi connectivity index (χ0) is 11.3. The van der Waals surface area contributed by atoms with E-state index in [4.69, 9.17) is 9.84 Å². The van der Waals surface area contributed by atoms with E-state index in [9.17, 15) is 9.59 Å². The van der Waals surface area contributed by atoms with Gasteiger partial charge in [0.1, 0.15) is 11.3 Å². The Morgan fingerprint density at radius 1 is 1.33 bits per heavy atom. The van der Waals surface area contributed by atoms with E-state index < -0.39 is 11.9 Å². The largest absolute Gasteiger partial charge is 0.478 e. The lowest BCUT2D eigenvalue weighted by Crippen LogP contribution is -2.10. The number of carbonyl (C=O) groups is 2. The molecule has 0 aliphatic rings. The van der Waals surface area contributed by atoms with Crippen LogP contribution in [0.4, 0.5) is 0 Å². The van der Waals surface area contributed by atoms with E-state index in [2.05, 4.69) is 0 Å². The van der Waals surface area contributed by atoms with Crippen molar-refractivity contribution in [1.82, 2.24) is 0 Å². The van der Waals surface area contributed by atoms with Gasteiger partial charge in [-0.25, -0.2) is 4.79 Å². The molecule has 0 amide bonds. The quantitative estimate of drug-likeness (QED) is 0.607. The predicted molar refractivity (Wildman–Crippen MR) is 53.9 cm³/mol. The standard InChI is InChI=1S/C11H12O4/c1-2-5-10(12)15-9-7-4-3-6-8(9)11(13)14/h3-4,6-7H,2,5H2,1H3,(H,13,14). The van der Waals surface area contributed by atoms with Gasteiger partial charge in [0.2, 0.25) is 0 Å². The minimum Gasteiger partial charge on any atom is -0.478 e. The monoisotopic (exact) mass is 208 g/mol. The number of para-hydroxylation sites is 1. The van der Waals surface area contributed by atoms with Crippen LogP contribution < -0.4 is 4.74 Å². The van der Waals surface area contributed by atoms with Gasteiger partial charge in [0, 0.05) is 6.42 Å². The van der Waals surface area contributed by atoms with Gasteiger partial charge in [-0.2, -0.15) is 0 Å². The number of rotatable bonds is 4. The average molecular weight is 208 g/mol. The zero-order valence-electron chi connectivity index (χ0n) is 8.40. The first-order chi connectivity index (χ1) is 7.15. The van der Waals surface area contributed by atoms with Gasteiger partial charge in [-0.15, -0.1) is 0 Å². The molecule has 1 N–H and O–H groups in total. The number of carboxylic acids is 1. The lowest BCUT2D eigenvalue weighted by Gasteiger charge is -2.05. The molecule has 80 valence electrons. The van der Waals surface area contributed by atoms with Crippen LogP contribution in [0.2, 0.25) is 0 Å². The molecule has 0 saturated heterocycles. The Bertz CT molecular complexity index is 371. The normalized spacial score (nSPS) is 9.67. The summed E-state index contributed by atoms with van der Waals surface area (Å²) in [7, 11) is 0. The topological polar surface area (TPSA) is 63.6 Å². The molecule has 1 aromatic carbocycles. The fourth-order valence-electron chi connectivity index (χ4n) is 1.11. The van der Waals surface area contributed by atoms with Crippen molar-refractivity contribution in [2.24, 2.45) is 0 Å². The van der Waals surface area contributed by atoms with Crippen molar-refractivity contribution in [3.63, 3.8) is 0 Å². The number of hydrogen-bond acceptors (Lipinski definition) is 3. The van der Waals surface area contributed by atoms with Crippen LogP contribution in [-0.2, 0) is 4.79 Å². The summed E-state index contributed by atoms with van der Waals surface area (Å²) in [6, 6.07) is 6.08. The summed E-state index contributed by atoms with van der Waals surface area (Å²) >= 11 is 0. The van der Waals surface area contributed by atoms with Gasteiger partial charge >= 0.3 is 11.9 Å². The first-order valence-electron chi connectivity index (χ1n) is 4.68. The summed E-state index contributed by atoms with van der Waals surface area (Å²) in [5.41, 5.74) is 0.00181. The lowest BCUT2D eigenvalue weighted by atomic mass is 10.2. The van der Waals surface area contributed by atoms with E-state index in [1.807, 2.05) is 6.92 Å². The highest BCUT2D eigenvalue weighted by atomic mass is 16.5. The van der Waals surface area contributed by atoms with Crippen LogP contribution in [0.3, 0.4) is 0 Å². The van der Waals surface area contributed by atoms with Crippen molar-refractivity contribution >= 4 is 11.9 Å². The minimum atomic E-state index is -1.10. The van der Waals surface area contributed by atoms with Crippen LogP contribution in [0.5, 0.6) is 5.75 Å². The average Bonchev–Trinajstić information content (AvgIpc) is 2.18. The maximum atomic E-state index is 11.2. The van der Waals surface area contributed by atoms with Crippen LogP contribution in [0.1, 0.15) is 30.1 Å². The fourth-order valence-corrected chi connectivity index (χ4v) is 1.11. The number of benzene rings is 1. The van der Waals surface area contributed by atoms with E-state index in [1.165, 1.54) is 12.1 Å². The second-order valence-corrected chi connectivity index (χ2v) is 3.03. The highest BCUT2D eigenvalue weighted by Gasteiger charge is 2.12. The Labute approximate surface area is 87.5 Å². The molecular formula is C11H12O4. The van der Waals surface area contributed by atoms with Gasteiger partial charge in [-0.3, -0.25) is 4.79 Å². The molecule has 1 rings (SSSR count). The van der Waals surface area contributed by atoms with Crippen molar-refractivity contribution in [2.45, 2.75) is 19.8 Å². The molecule has 0 unspecified atom stereocenters. The summed E-state index contributed by atoms with van der Waals surface area (Å²) in [6.07, 6.45) is 0.960. The van der Waals surface area contributed by atoms with Crippen molar-refractivity contribution in [3.8, 4) is 5.75 Å². The van der Waals surface area contributed by atoms with E-state index in [0.29, 0.717) is 6.42 Å². The van der Waals surface area contributed by atoms with Gasteiger partial charge in [0.25, 0.3) is 0 Å². The highest BCUT2D eigenvalue weighted by Crippen LogP contribution is 2.18. The van der Waals surface area contributed by atoms with E-state index >= 15 is 0 Å². The Morgan fingerprint density at radius 3 is 2.60 bits per heavy atom. The number of ether oxygens (including phenoxy) is 1. The second kappa shape index (κ2) is 5.14. The van der Waals surface area contributed by atoms with E-state index in [1.54, 1.807) is 12.1 Å². The summed E-state index contributed by atoms with van der Waals surface area (Å²) < 4.78 is 4.93. The van der Waals surface area contributed by atoms with Crippen molar-refractivity contribution in [3.05, 3.63) is 29.8 Å². The number of hydrogen-bond donors (Lipinski definition) is 1. The summed E-state index contributed by atoms with van der Waals surface area (Å²) in [5.74, 6) is -1.41. The van der Waals surface area contributed by atoms with Crippen LogP contribution in [0.25, 0.3) is 0 Å². The highest BCUT2D eigenvalue weighted by molar-refractivity contribution is 5.91. The molecule has 0 atom stereocenters. The number of aromatic carboxylic acids is 1. The molecule has 0 spiro atoms. The molecule has 0 bridgehead atoms. The van der Waals surface area contributed by atoms with Crippen LogP contribution in [0, 0.1) is 0 Å². The zero-order valence-corrected chi connectivity index (χ0v) is 8.40. The molecule has 0 aliphatic carbocycles. The first-order valence-corrected chi connectivity index (χ1v) is 4.68. The molecule has 1 aromatic rings. The van der Waals surface area contributed by atoms with Crippen LogP contribution in [0.15, 0.2) is 24.3 Å². The number of esters is 1. The molecule has 0 fully saturated rings. The maximum Gasteiger partial charge on any atom is 0.339 e. The Morgan fingerprint density at radius 2 is 2.00 bits per heavy atom. The molecule has 0 aromatic heterocycles. The smallest absolute Gasteiger partial charge is 0.339 e. The Kier molecular flexibility index (Phi) is 3.85. The fraction of sp³-hybridized carbons (Fsp3) is 0.273. The molecule has 15 heavy (non-hydrogen) atoms. The molecule has 4 heteroatoms. The maximum absolute atomic E-state index is 11.2. The molecule has 0 radical (unpaired) electrons. The summed E-state index contributed by atoms with van der Waals surface area (Å²) in [6.45, 7) is 1.85. The Balaban J connectivity index is 2.84. The third kappa shape index (κ3) is 3.09. The summed E-state index contributed by atoms with van der Waals surface area (Å²) in [4.78, 5) is 21.9. The molecule has 0 heterocycles. The van der Waals surface area contributed by atoms with E-state index in [0.717, 1.165) is 0 Å². The SMILES string of the molecule is CCCC(=O)Oc1ccccc1C(=O)O. The van der Waals surface area contributed by atoms with Gasteiger partial charge in [0.05, 0.1) is 0 Å². The van der Waals surface area contributed by atoms with E-state index in [-0.39, 0.29) is 17.7 Å². The Hall–Kier alpha value is -1.84. The molecule has 0 saturated carbocycles. The van der Waals surface area contributed by atoms with Crippen molar-refractivity contribution < 1.29 is 19.4 Å². The molecular weight excluding hydrogens is 196 g/mol. The third-order valence-electron chi connectivity index (χ3n) is 1.80. The third-order valence-corrected chi connectivity index (χ3v) is 1.80. The van der Waals surface area contributed by atoms with Gasteiger partial charge < -0.3 is 9.84 Å². The van der Waals surface area contributed by atoms with Crippen LogP contribution >= 0.6 is 0 Å². The summed E-state index contributed by atoms with van der Waals surface area (Å²) in [5, 5.41) is 8.82. The van der Waals surface area contributed by atoms with Gasteiger partial charge in [-0.05, 0) is 18.6 Å². The second-order valence-electron chi connectivity index (χ2n) is 3.03. The van der Waals surface area contributed by atoms with Crippen molar-refractivity contribution in [1.29, 1.82) is 0 Å². The number of carboxylic acid groups (broad SMARTS) is 1. The van der Waals surface area contributed by atoms with Crippen LogP contribution in [-0.4, -0.2) is 17.0 Å². The first kappa shape index (κ1) is 11.2. The molecule has 0 aliphatic heterocycles. The predicted octanol–water partition coefficient (Wildman–Crippen LogP) is 2.09. The number of carbonyl (C=O) groups excluding carboxylic acids is 1. The molecule has 4 nitrogen and oxygen atoms in total. The lowest BCUT2D eigenvalue weighted by molar-refractivity contribution is -0.134.